The second-order valence-corrected chi connectivity index (χ2v) is 3.53. The molecule has 0 bridgehead atoms. The molecule has 6 heteroatoms. The van der Waals surface area contributed by atoms with Gasteiger partial charge in [-0.15, -0.1) is 0 Å². The highest BCUT2D eigenvalue weighted by atomic mass is 35.5. The third kappa shape index (κ3) is 2.44. The standard InChI is InChI=1S/C9H10ClN5/c1-6(9-12-5-13-15-9)14-8-3-2-7(10)4-11-8/h2-6H,1H3,(H,11,14)(H,12,13,15). The predicted octanol–water partition coefficient (Wildman–Crippen LogP) is 2.03. The minimum atomic E-state index is 0.0289. The van der Waals surface area contributed by atoms with Crippen molar-refractivity contribution in [2.75, 3.05) is 5.32 Å². The first-order chi connectivity index (χ1) is 7.25. The van der Waals surface area contributed by atoms with Crippen LogP contribution < -0.4 is 5.32 Å². The van der Waals surface area contributed by atoms with Gasteiger partial charge in [0, 0.05) is 6.20 Å². The van der Waals surface area contributed by atoms with Crippen LogP contribution in [-0.4, -0.2) is 20.2 Å². The Morgan fingerprint density at radius 3 is 2.87 bits per heavy atom. The van der Waals surface area contributed by atoms with Gasteiger partial charge in [-0.2, -0.15) is 5.10 Å². The lowest BCUT2D eigenvalue weighted by Crippen LogP contribution is -2.09. The number of nitrogens with one attached hydrogen (secondary N) is 2. The van der Waals surface area contributed by atoms with Gasteiger partial charge in [0.15, 0.2) is 0 Å². The molecule has 0 fully saturated rings. The molecule has 0 saturated heterocycles. The second kappa shape index (κ2) is 4.27. The molecule has 1 atom stereocenters. The fourth-order valence-electron chi connectivity index (χ4n) is 1.17. The number of nitrogens with zero attached hydrogens (tertiary/aromatic N) is 3. The Kier molecular flexibility index (Phi) is 2.82. The molecule has 78 valence electrons. The zero-order valence-corrected chi connectivity index (χ0v) is 8.86. The first-order valence-electron chi connectivity index (χ1n) is 4.49. The minimum absolute atomic E-state index is 0.0289. The van der Waals surface area contributed by atoms with E-state index in [9.17, 15) is 0 Å². The van der Waals surface area contributed by atoms with Gasteiger partial charge in [-0.25, -0.2) is 9.97 Å². The highest BCUT2D eigenvalue weighted by molar-refractivity contribution is 6.30. The summed E-state index contributed by atoms with van der Waals surface area (Å²) in [5.74, 6) is 1.52. The summed E-state index contributed by atoms with van der Waals surface area (Å²) >= 11 is 5.73. The van der Waals surface area contributed by atoms with Gasteiger partial charge in [0.25, 0.3) is 0 Å². The van der Waals surface area contributed by atoms with E-state index in [0.29, 0.717) is 5.02 Å². The van der Waals surface area contributed by atoms with E-state index in [2.05, 4.69) is 25.5 Å². The van der Waals surface area contributed by atoms with E-state index in [4.69, 9.17) is 11.6 Å². The maximum absolute atomic E-state index is 5.73. The predicted molar refractivity (Wildman–Crippen MR) is 57.7 cm³/mol. The maximum Gasteiger partial charge on any atom is 0.146 e. The molecular formula is C9H10ClN5. The number of halogens is 1. The van der Waals surface area contributed by atoms with E-state index in [1.165, 1.54) is 6.33 Å². The molecule has 0 aliphatic rings. The maximum atomic E-state index is 5.73. The molecule has 0 aliphatic heterocycles. The van der Waals surface area contributed by atoms with Gasteiger partial charge < -0.3 is 5.32 Å². The molecule has 0 saturated carbocycles. The first kappa shape index (κ1) is 9.92. The fraction of sp³-hybridized carbons (Fsp3) is 0.222. The summed E-state index contributed by atoms with van der Waals surface area (Å²) in [6.45, 7) is 1.97. The van der Waals surface area contributed by atoms with Crippen LogP contribution in [-0.2, 0) is 0 Å². The van der Waals surface area contributed by atoms with Gasteiger partial charge in [-0.05, 0) is 19.1 Å². The Morgan fingerprint density at radius 1 is 1.40 bits per heavy atom. The number of hydrogen-bond acceptors (Lipinski definition) is 4. The van der Waals surface area contributed by atoms with Crippen molar-refractivity contribution in [3.63, 3.8) is 0 Å². The van der Waals surface area contributed by atoms with Crippen LogP contribution in [0.1, 0.15) is 18.8 Å². The lowest BCUT2D eigenvalue weighted by Gasteiger charge is -2.10. The summed E-state index contributed by atoms with van der Waals surface area (Å²) < 4.78 is 0. The number of H-pyrrole nitrogens is 1. The van der Waals surface area contributed by atoms with Crippen molar-refractivity contribution in [3.05, 3.63) is 35.5 Å². The highest BCUT2D eigenvalue weighted by Crippen LogP contribution is 2.15. The van der Waals surface area contributed by atoms with Crippen molar-refractivity contribution in [1.29, 1.82) is 0 Å². The smallest absolute Gasteiger partial charge is 0.146 e. The van der Waals surface area contributed by atoms with E-state index in [1.807, 2.05) is 13.0 Å². The minimum Gasteiger partial charge on any atom is -0.360 e. The summed E-state index contributed by atoms with van der Waals surface area (Å²) in [4.78, 5) is 8.17. The Labute approximate surface area is 91.9 Å². The lowest BCUT2D eigenvalue weighted by molar-refractivity contribution is 0.790. The monoisotopic (exact) mass is 223 g/mol. The van der Waals surface area contributed by atoms with Crippen LogP contribution in [0.15, 0.2) is 24.7 Å². The van der Waals surface area contributed by atoms with Crippen molar-refractivity contribution in [2.24, 2.45) is 0 Å². The highest BCUT2D eigenvalue weighted by Gasteiger charge is 2.07. The first-order valence-corrected chi connectivity index (χ1v) is 4.87. The molecule has 1 unspecified atom stereocenters. The van der Waals surface area contributed by atoms with Gasteiger partial charge in [0.1, 0.15) is 18.0 Å². The van der Waals surface area contributed by atoms with Gasteiger partial charge in [0.05, 0.1) is 11.1 Å². The fourth-order valence-corrected chi connectivity index (χ4v) is 1.29. The van der Waals surface area contributed by atoms with Crippen molar-refractivity contribution in [2.45, 2.75) is 13.0 Å². The van der Waals surface area contributed by atoms with Crippen LogP contribution in [0.25, 0.3) is 0 Å². The lowest BCUT2D eigenvalue weighted by atomic mass is 10.3. The Bertz CT molecular complexity index is 411. The van der Waals surface area contributed by atoms with Crippen molar-refractivity contribution in [1.82, 2.24) is 20.2 Å². The quantitative estimate of drug-likeness (QED) is 0.836. The van der Waals surface area contributed by atoms with Crippen molar-refractivity contribution < 1.29 is 0 Å². The van der Waals surface area contributed by atoms with Crippen LogP contribution in [0.5, 0.6) is 0 Å². The van der Waals surface area contributed by atoms with E-state index in [1.54, 1.807) is 12.3 Å². The van der Waals surface area contributed by atoms with Gasteiger partial charge in [-0.1, -0.05) is 11.6 Å². The van der Waals surface area contributed by atoms with E-state index < -0.39 is 0 Å². The van der Waals surface area contributed by atoms with Gasteiger partial charge in [0.2, 0.25) is 0 Å². The summed E-state index contributed by atoms with van der Waals surface area (Å²) in [5, 5.41) is 10.4. The number of aromatic amines is 1. The number of rotatable bonds is 3. The third-order valence-electron chi connectivity index (χ3n) is 1.94. The molecule has 5 nitrogen and oxygen atoms in total. The van der Waals surface area contributed by atoms with Crippen LogP contribution >= 0.6 is 11.6 Å². The number of pyridine rings is 1. The Morgan fingerprint density at radius 2 is 2.27 bits per heavy atom. The second-order valence-electron chi connectivity index (χ2n) is 3.10. The average molecular weight is 224 g/mol. The molecule has 0 amide bonds. The SMILES string of the molecule is CC(Nc1ccc(Cl)cn1)c1ncn[nH]1. The van der Waals surface area contributed by atoms with E-state index >= 15 is 0 Å². The molecule has 0 aromatic carbocycles. The summed E-state index contributed by atoms with van der Waals surface area (Å²) in [7, 11) is 0. The molecule has 0 spiro atoms. The molecule has 2 N–H and O–H groups in total. The molecular weight excluding hydrogens is 214 g/mol. The molecule has 2 aromatic heterocycles. The molecule has 2 heterocycles. The van der Waals surface area contributed by atoms with Crippen LogP contribution in [0, 0.1) is 0 Å². The Hall–Kier alpha value is -1.62. The van der Waals surface area contributed by atoms with Gasteiger partial charge in [-0.3, -0.25) is 5.10 Å². The summed E-state index contributed by atoms with van der Waals surface area (Å²) in [5.41, 5.74) is 0. The van der Waals surface area contributed by atoms with Crippen LogP contribution in [0.2, 0.25) is 5.02 Å². The zero-order valence-electron chi connectivity index (χ0n) is 8.11. The van der Waals surface area contributed by atoms with Crippen molar-refractivity contribution in [3.8, 4) is 0 Å². The van der Waals surface area contributed by atoms with Crippen LogP contribution in [0.4, 0.5) is 5.82 Å². The van der Waals surface area contributed by atoms with Crippen molar-refractivity contribution >= 4 is 17.4 Å². The Balaban J connectivity index is 2.06. The molecule has 0 radical (unpaired) electrons. The van der Waals surface area contributed by atoms with E-state index in [-0.39, 0.29) is 6.04 Å². The van der Waals surface area contributed by atoms with E-state index in [0.717, 1.165) is 11.6 Å². The number of aromatic nitrogens is 4. The van der Waals surface area contributed by atoms with Gasteiger partial charge >= 0.3 is 0 Å². The zero-order chi connectivity index (χ0) is 10.7. The molecule has 2 aromatic rings. The van der Waals surface area contributed by atoms with Crippen LogP contribution in [0.3, 0.4) is 0 Å². The summed E-state index contributed by atoms with van der Waals surface area (Å²) in [6.07, 6.45) is 3.07. The summed E-state index contributed by atoms with van der Waals surface area (Å²) in [6, 6.07) is 3.63. The topological polar surface area (TPSA) is 66.5 Å². The molecule has 0 aliphatic carbocycles. The number of hydrogen-bond donors (Lipinski definition) is 2. The number of anilines is 1. The largest absolute Gasteiger partial charge is 0.360 e. The average Bonchev–Trinajstić information content (AvgIpc) is 2.74. The molecule has 15 heavy (non-hydrogen) atoms. The normalized spacial score (nSPS) is 12.4. The molecule has 2 rings (SSSR count). The third-order valence-corrected chi connectivity index (χ3v) is 2.16.